The minimum Gasteiger partial charge on any atom is -0.481 e. The Morgan fingerprint density at radius 3 is 2.45 bits per heavy atom. The second-order valence-electron chi connectivity index (χ2n) is 8.99. The van der Waals surface area contributed by atoms with Gasteiger partial charge in [-0.25, -0.2) is 4.98 Å². The molecule has 0 radical (unpaired) electrons. The number of halogens is 1. The molecule has 1 aromatic heterocycles. The van der Waals surface area contributed by atoms with Crippen LogP contribution < -0.4 is 32.7 Å². The van der Waals surface area contributed by atoms with Crippen LogP contribution >= 0.6 is 15.9 Å². The molecule has 2 aromatic carbocycles. The van der Waals surface area contributed by atoms with E-state index in [1.54, 1.807) is 24.4 Å². The molecule has 13 heteroatoms. The number of hydrogen-bond donors (Lipinski definition) is 7. The number of carboxylic acids is 1. The Bertz CT molecular complexity index is 1290. The van der Waals surface area contributed by atoms with Crippen molar-refractivity contribution in [3.8, 4) is 0 Å². The fourth-order valence-electron chi connectivity index (χ4n) is 3.60. The van der Waals surface area contributed by atoms with Crippen LogP contribution in [0.3, 0.4) is 0 Å². The lowest BCUT2D eigenvalue weighted by Crippen LogP contribution is -2.41. The number of nitrogens with zero attached hydrogens (tertiary/aromatic N) is 2. The van der Waals surface area contributed by atoms with E-state index in [0.29, 0.717) is 53.5 Å². The highest BCUT2D eigenvalue weighted by molar-refractivity contribution is 9.10. The third-order valence-electron chi connectivity index (χ3n) is 5.72. The van der Waals surface area contributed by atoms with Crippen LogP contribution in [0.25, 0.3) is 0 Å². The van der Waals surface area contributed by atoms with E-state index in [1.807, 2.05) is 36.4 Å². The first-order chi connectivity index (χ1) is 19.2. The fourth-order valence-corrected chi connectivity index (χ4v) is 3.93. The highest BCUT2D eigenvalue weighted by atomic mass is 79.9. The first-order valence-corrected chi connectivity index (χ1v) is 13.5. The van der Waals surface area contributed by atoms with Gasteiger partial charge in [0, 0.05) is 37.1 Å². The zero-order valence-corrected chi connectivity index (χ0v) is 23.4. The van der Waals surface area contributed by atoms with Crippen molar-refractivity contribution in [2.24, 2.45) is 11.5 Å². The molecule has 0 bridgehead atoms. The van der Waals surface area contributed by atoms with Crippen molar-refractivity contribution in [3.63, 3.8) is 0 Å². The summed E-state index contributed by atoms with van der Waals surface area (Å²) in [4.78, 5) is 43.9. The topological polar surface area (TPSA) is 197 Å². The second kappa shape index (κ2) is 15.5. The molecular weight excluding hydrogens is 580 g/mol. The minimum absolute atomic E-state index is 0.0835. The van der Waals surface area contributed by atoms with Crippen molar-refractivity contribution in [3.05, 3.63) is 70.8 Å². The Hall–Kier alpha value is -4.07. The van der Waals surface area contributed by atoms with E-state index >= 15 is 0 Å². The number of nitrogens with one attached hydrogen (secondary N) is 4. The quantitative estimate of drug-likeness (QED) is 0.125. The highest BCUT2D eigenvalue weighted by Gasteiger charge is 2.15. The van der Waals surface area contributed by atoms with E-state index in [0.717, 1.165) is 5.56 Å². The molecule has 212 valence electrons. The van der Waals surface area contributed by atoms with Crippen molar-refractivity contribution in [1.82, 2.24) is 15.3 Å². The predicted molar refractivity (Wildman–Crippen MR) is 157 cm³/mol. The molecule has 0 aliphatic heterocycles. The standard InChI is InChI=1S/C27H33BrN8O4/c28-20-16-33-27(36-24(20)31-12-5-13-32-25(39)21(29)10-11-23(37)38)35-19-9-4-8-18(15-19)34-26(40)22(30)14-17-6-2-1-3-7-17/h1-4,6-9,15-16,21-22H,5,10-14,29-30H2,(H,32,39)(H,34,40)(H,37,38)(H2,31,33,35,36)/t21?,22-/m1/s1. The summed E-state index contributed by atoms with van der Waals surface area (Å²) in [6, 6.07) is 15.2. The van der Waals surface area contributed by atoms with Gasteiger partial charge in [0.25, 0.3) is 0 Å². The third kappa shape index (κ3) is 10.2. The largest absolute Gasteiger partial charge is 0.481 e. The first kappa shape index (κ1) is 30.5. The van der Waals surface area contributed by atoms with Gasteiger partial charge in [-0.1, -0.05) is 36.4 Å². The van der Waals surface area contributed by atoms with Gasteiger partial charge in [-0.2, -0.15) is 4.98 Å². The Morgan fingerprint density at radius 2 is 1.70 bits per heavy atom. The monoisotopic (exact) mass is 612 g/mol. The maximum absolute atomic E-state index is 12.6. The summed E-state index contributed by atoms with van der Waals surface area (Å²) in [7, 11) is 0. The average Bonchev–Trinajstić information content (AvgIpc) is 2.93. The molecule has 3 aromatic rings. The minimum atomic E-state index is -0.990. The number of hydrogen-bond acceptors (Lipinski definition) is 9. The fraction of sp³-hybridized carbons (Fsp3) is 0.296. The van der Waals surface area contributed by atoms with E-state index in [4.69, 9.17) is 16.6 Å². The van der Waals surface area contributed by atoms with Gasteiger partial charge < -0.3 is 37.8 Å². The number of carbonyl (C=O) groups is 3. The van der Waals surface area contributed by atoms with Crippen LogP contribution in [0.15, 0.2) is 65.3 Å². The van der Waals surface area contributed by atoms with Crippen molar-refractivity contribution in [2.75, 3.05) is 29.0 Å². The number of aromatic nitrogens is 2. The zero-order chi connectivity index (χ0) is 28.9. The van der Waals surface area contributed by atoms with Crippen LogP contribution in [-0.2, 0) is 20.8 Å². The molecule has 9 N–H and O–H groups in total. The second-order valence-corrected chi connectivity index (χ2v) is 9.85. The molecule has 2 atom stereocenters. The van der Waals surface area contributed by atoms with Crippen LogP contribution in [-0.4, -0.2) is 58.0 Å². The van der Waals surface area contributed by atoms with Gasteiger partial charge >= 0.3 is 5.97 Å². The van der Waals surface area contributed by atoms with Crippen LogP contribution in [0.5, 0.6) is 0 Å². The van der Waals surface area contributed by atoms with Gasteiger partial charge in [0.2, 0.25) is 17.8 Å². The molecule has 0 spiro atoms. The summed E-state index contributed by atoms with van der Waals surface area (Å²) in [5.41, 5.74) is 14.0. The molecule has 0 fully saturated rings. The SMILES string of the molecule is NC(CCC(=O)O)C(=O)NCCCNc1nc(Nc2cccc(NC(=O)[C@H](N)Cc3ccccc3)c2)ncc1Br. The Kier molecular flexibility index (Phi) is 11.8. The zero-order valence-electron chi connectivity index (χ0n) is 21.8. The van der Waals surface area contributed by atoms with Crippen molar-refractivity contribution >= 4 is 56.9 Å². The normalized spacial score (nSPS) is 12.2. The van der Waals surface area contributed by atoms with Gasteiger partial charge in [-0.3, -0.25) is 14.4 Å². The summed E-state index contributed by atoms with van der Waals surface area (Å²) in [6.45, 7) is 0.873. The van der Waals surface area contributed by atoms with Crippen LogP contribution in [0, 0.1) is 0 Å². The molecule has 12 nitrogen and oxygen atoms in total. The highest BCUT2D eigenvalue weighted by Crippen LogP contribution is 2.23. The summed E-state index contributed by atoms with van der Waals surface area (Å²) in [5, 5.41) is 20.5. The van der Waals surface area contributed by atoms with Crippen LogP contribution in [0.4, 0.5) is 23.1 Å². The van der Waals surface area contributed by atoms with Crippen LogP contribution in [0.1, 0.15) is 24.8 Å². The average molecular weight is 614 g/mol. The van der Waals surface area contributed by atoms with Crippen LogP contribution in [0.2, 0.25) is 0 Å². The molecule has 2 amide bonds. The van der Waals surface area contributed by atoms with E-state index in [-0.39, 0.29) is 24.7 Å². The molecule has 0 saturated carbocycles. The molecule has 40 heavy (non-hydrogen) atoms. The maximum Gasteiger partial charge on any atom is 0.303 e. The molecule has 0 aliphatic carbocycles. The van der Waals surface area contributed by atoms with E-state index < -0.39 is 18.1 Å². The number of nitrogens with two attached hydrogens (primary N) is 2. The number of anilines is 4. The lowest BCUT2D eigenvalue weighted by Gasteiger charge is -2.14. The number of amides is 2. The summed E-state index contributed by atoms with van der Waals surface area (Å²) >= 11 is 3.42. The molecule has 0 saturated heterocycles. The first-order valence-electron chi connectivity index (χ1n) is 12.7. The molecule has 3 rings (SSSR count). The summed E-state index contributed by atoms with van der Waals surface area (Å²) in [5.74, 6) is -0.764. The molecule has 1 unspecified atom stereocenters. The number of carbonyl (C=O) groups excluding carboxylic acids is 2. The third-order valence-corrected chi connectivity index (χ3v) is 6.30. The van der Waals surface area contributed by atoms with Gasteiger partial charge in [0.1, 0.15) is 5.82 Å². The number of rotatable bonds is 15. The van der Waals surface area contributed by atoms with Gasteiger partial charge in [0.05, 0.1) is 16.6 Å². The Balaban J connectivity index is 1.48. The molecular formula is C27H33BrN8O4. The Morgan fingerprint density at radius 1 is 0.950 bits per heavy atom. The number of aliphatic carboxylic acids is 1. The van der Waals surface area contributed by atoms with Gasteiger partial charge in [-0.15, -0.1) is 0 Å². The lowest BCUT2D eigenvalue weighted by molar-refractivity contribution is -0.137. The molecule has 0 aliphatic rings. The number of carboxylic acid groups (broad SMARTS) is 1. The Labute approximate surface area is 240 Å². The maximum atomic E-state index is 12.6. The lowest BCUT2D eigenvalue weighted by atomic mass is 10.1. The number of benzene rings is 2. The van der Waals surface area contributed by atoms with Gasteiger partial charge in [-0.05, 0) is 59.0 Å². The summed E-state index contributed by atoms with van der Waals surface area (Å²) < 4.78 is 0.659. The van der Waals surface area contributed by atoms with Gasteiger partial charge in [0.15, 0.2) is 0 Å². The predicted octanol–water partition coefficient (Wildman–Crippen LogP) is 2.60. The van der Waals surface area contributed by atoms with Crippen molar-refractivity contribution in [1.29, 1.82) is 0 Å². The molecule has 1 heterocycles. The van der Waals surface area contributed by atoms with E-state index in [9.17, 15) is 14.4 Å². The van der Waals surface area contributed by atoms with Crippen molar-refractivity contribution in [2.45, 2.75) is 37.8 Å². The van der Waals surface area contributed by atoms with Crippen molar-refractivity contribution < 1.29 is 19.5 Å². The smallest absolute Gasteiger partial charge is 0.303 e. The van der Waals surface area contributed by atoms with E-state index in [1.165, 1.54) is 0 Å². The van der Waals surface area contributed by atoms with E-state index in [2.05, 4.69) is 47.2 Å². The summed E-state index contributed by atoms with van der Waals surface area (Å²) in [6.07, 6.45) is 2.55.